The number of nitrogens with two attached hydrogens (primary N) is 1. The lowest BCUT2D eigenvalue weighted by molar-refractivity contribution is -0.118. The van der Waals surface area contributed by atoms with E-state index in [1.807, 2.05) is 13.8 Å². The molecule has 1 aromatic rings. The lowest BCUT2D eigenvalue weighted by Gasteiger charge is -2.15. The molecule has 0 fully saturated rings. The minimum atomic E-state index is -0.551. The molecule has 104 valence electrons. The molecule has 5 heteroatoms. The van der Waals surface area contributed by atoms with Gasteiger partial charge in [0.1, 0.15) is 0 Å². The molecule has 1 amide bonds. The van der Waals surface area contributed by atoms with E-state index in [-0.39, 0.29) is 17.8 Å². The Morgan fingerprint density at radius 3 is 2.32 bits per heavy atom. The van der Waals surface area contributed by atoms with Crippen LogP contribution in [0.15, 0.2) is 24.3 Å². The van der Waals surface area contributed by atoms with Gasteiger partial charge in [0.25, 0.3) is 0 Å². The second kappa shape index (κ2) is 6.89. The van der Waals surface area contributed by atoms with Gasteiger partial charge in [-0.25, -0.2) is 4.79 Å². The van der Waals surface area contributed by atoms with Crippen molar-refractivity contribution in [2.24, 2.45) is 11.7 Å². The van der Waals surface area contributed by atoms with Crippen LogP contribution in [0.1, 0.15) is 31.1 Å². The average molecular weight is 264 g/mol. The Kier molecular flexibility index (Phi) is 5.51. The summed E-state index contributed by atoms with van der Waals surface area (Å²) in [5.41, 5.74) is 6.80. The van der Waals surface area contributed by atoms with Crippen LogP contribution in [0.4, 0.5) is 5.69 Å². The molecule has 0 saturated heterocycles. The molecule has 1 atom stereocenters. The third-order valence-corrected chi connectivity index (χ3v) is 2.68. The number of benzene rings is 1. The zero-order valence-electron chi connectivity index (χ0n) is 11.5. The predicted octanol–water partition coefficient (Wildman–Crippen LogP) is 1.79. The standard InChI is InChI=1S/C14H20N2O3/c1-4-19-14(18)10-5-7-11(8-6-10)16-13(17)12(15)9(2)3/h5-9,12H,4,15H2,1-3H3,(H,16,17)/t12-/m1/s1. The first-order valence-corrected chi connectivity index (χ1v) is 6.29. The van der Waals surface area contributed by atoms with Gasteiger partial charge in [-0.05, 0) is 37.1 Å². The van der Waals surface area contributed by atoms with E-state index in [0.29, 0.717) is 17.9 Å². The summed E-state index contributed by atoms with van der Waals surface area (Å²) in [6.45, 7) is 5.85. The highest BCUT2D eigenvalue weighted by molar-refractivity contribution is 5.95. The quantitative estimate of drug-likeness (QED) is 0.794. The highest BCUT2D eigenvalue weighted by Gasteiger charge is 2.17. The highest BCUT2D eigenvalue weighted by Crippen LogP contribution is 2.11. The van der Waals surface area contributed by atoms with E-state index in [0.717, 1.165) is 0 Å². The summed E-state index contributed by atoms with van der Waals surface area (Å²) in [5, 5.41) is 2.71. The summed E-state index contributed by atoms with van der Waals surface area (Å²) in [5.74, 6) is -0.544. The van der Waals surface area contributed by atoms with Crippen molar-refractivity contribution < 1.29 is 14.3 Å². The first kappa shape index (κ1) is 15.2. The second-order valence-corrected chi connectivity index (χ2v) is 4.56. The van der Waals surface area contributed by atoms with Crippen LogP contribution in [0.25, 0.3) is 0 Å². The van der Waals surface area contributed by atoms with Crippen molar-refractivity contribution in [2.75, 3.05) is 11.9 Å². The summed E-state index contributed by atoms with van der Waals surface area (Å²) >= 11 is 0. The van der Waals surface area contributed by atoms with Crippen molar-refractivity contribution >= 4 is 17.6 Å². The lowest BCUT2D eigenvalue weighted by Crippen LogP contribution is -2.39. The molecule has 0 saturated carbocycles. The molecule has 1 rings (SSSR count). The van der Waals surface area contributed by atoms with Crippen LogP contribution in [-0.2, 0) is 9.53 Å². The largest absolute Gasteiger partial charge is 0.462 e. The molecule has 19 heavy (non-hydrogen) atoms. The van der Waals surface area contributed by atoms with Crippen molar-refractivity contribution in [3.8, 4) is 0 Å². The van der Waals surface area contributed by atoms with Gasteiger partial charge in [0, 0.05) is 5.69 Å². The Bertz CT molecular complexity index is 441. The fourth-order valence-corrected chi connectivity index (χ4v) is 1.43. The Morgan fingerprint density at radius 2 is 1.84 bits per heavy atom. The molecule has 0 aliphatic heterocycles. The summed E-state index contributed by atoms with van der Waals surface area (Å²) in [7, 11) is 0. The molecule has 0 aliphatic carbocycles. The molecule has 0 bridgehead atoms. The zero-order valence-corrected chi connectivity index (χ0v) is 11.5. The topological polar surface area (TPSA) is 81.4 Å². The second-order valence-electron chi connectivity index (χ2n) is 4.56. The normalized spacial score (nSPS) is 12.1. The Balaban J connectivity index is 2.67. The Labute approximate surface area is 113 Å². The number of anilines is 1. The molecular weight excluding hydrogens is 244 g/mol. The van der Waals surface area contributed by atoms with Crippen molar-refractivity contribution in [2.45, 2.75) is 26.8 Å². The number of hydrogen-bond acceptors (Lipinski definition) is 4. The maximum absolute atomic E-state index is 11.7. The summed E-state index contributed by atoms with van der Waals surface area (Å²) in [6, 6.07) is 5.96. The van der Waals surface area contributed by atoms with Crippen LogP contribution in [0.2, 0.25) is 0 Å². The monoisotopic (exact) mass is 264 g/mol. The fourth-order valence-electron chi connectivity index (χ4n) is 1.43. The Hall–Kier alpha value is -1.88. The molecular formula is C14H20N2O3. The molecule has 0 heterocycles. The maximum Gasteiger partial charge on any atom is 0.338 e. The third kappa shape index (κ3) is 4.37. The first-order chi connectivity index (χ1) is 8.95. The molecule has 5 nitrogen and oxygen atoms in total. The van der Waals surface area contributed by atoms with Crippen LogP contribution in [0, 0.1) is 5.92 Å². The van der Waals surface area contributed by atoms with E-state index in [9.17, 15) is 9.59 Å². The minimum absolute atomic E-state index is 0.0683. The van der Waals surface area contributed by atoms with Crippen molar-refractivity contribution in [3.63, 3.8) is 0 Å². The highest BCUT2D eigenvalue weighted by atomic mass is 16.5. The molecule has 0 aliphatic rings. The van der Waals surface area contributed by atoms with Gasteiger partial charge in [-0.1, -0.05) is 13.8 Å². The van der Waals surface area contributed by atoms with Crippen molar-refractivity contribution in [1.82, 2.24) is 0 Å². The van der Waals surface area contributed by atoms with E-state index in [1.165, 1.54) is 0 Å². The van der Waals surface area contributed by atoms with Gasteiger partial charge in [-0.2, -0.15) is 0 Å². The number of nitrogens with one attached hydrogen (secondary N) is 1. The summed E-state index contributed by atoms with van der Waals surface area (Å²) in [4.78, 5) is 23.2. The summed E-state index contributed by atoms with van der Waals surface area (Å²) in [6.07, 6.45) is 0. The predicted molar refractivity (Wildman–Crippen MR) is 73.8 cm³/mol. The number of rotatable bonds is 5. The van der Waals surface area contributed by atoms with Gasteiger partial charge in [0.15, 0.2) is 0 Å². The van der Waals surface area contributed by atoms with Crippen LogP contribution in [0.3, 0.4) is 0 Å². The lowest BCUT2D eigenvalue weighted by atomic mass is 10.0. The zero-order chi connectivity index (χ0) is 14.4. The average Bonchev–Trinajstić information content (AvgIpc) is 2.38. The summed E-state index contributed by atoms with van der Waals surface area (Å²) < 4.78 is 4.87. The van der Waals surface area contributed by atoms with E-state index < -0.39 is 6.04 Å². The van der Waals surface area contributed by atoms with E-state index >= 15 is 0 Å². The molecule has 0 aromatic heterocycles. The number of esters is 1. The van der Waals surface area contributed by atoms with E-state index in [4.69, 9.17) is 10.5 Å². The molecule has 0 unspecified atom stereocenters. The number of ether oxygens (including phenoxy) is 1. The molecule has 3 N–H and O–H groups in total. The van der Waals surface area contributed by atoms with Gasteiger partial charge < -0.3 is 15.8 Å². The van der Waals surface area contributed by atoms with Gasteiger partial charge in [-0.3, -0.25) is 4.79 Å². The van der Waals surface area contributed by atoms with Crippen molar-refractivity contribution in [1.29, 1.82) is 0 Å². The third-order valence-electron chi connectivity index (χ3n) is 2.68. The molecule has 0 spiro atoms. The smallest absolute Gasteiger partial charge is 0.338 e. The van der Waals surface area contributed by atoms with Crippen LogP contribution in [0.5, 0.6) is 0 Å². The number of carbonyl (C=O) groups is 2. The Morgan fingerprint density at radius 1 is 1.26 bits per heavy atom. The molecule has 1 aromatic carbocycles. The van der Waals surface area contributed by atoms with E-state index in [1.54, 1.807) is 31.2 Å². The van der Waals surface area contributed by atoms with Crippen molar-refractivity contribution in [3.05, 3.63) is 29.8 Å². The van der Waals surface area contributed by atoms with E-state index in [2.05, 4.69) is 5.32 Å². The molecule has 0 radical (unpaired) electrons. The van der Waals surface area contributed by atoms with Gasteiger partial charge in [-0.15, -0.1) is 0 Å². The first-order valence-electron chi connectivity index (χ1n) is 6.29. The van der Waals surface area contributed by atoms with Gasteiger partial charge in [0.05, 0.1) is 18.2 Å². The minimum Gasteiger partial charge on any atom is -0.462 e. The van der Waals surface area contributed by atoms with Gasteiger partial charge in [0.2, 0.25) is 5.91 Å². The number of hydrogen-bond donors (Lipinski definition) is 2. The maximum atomic E-state index is 11.7. The van der Waals surface area contributed by atoms with Crippen LogP contribution >= 0.6 is 0 Å². The number of carbonyl (C=O) groups excluding carboxylic acids is 2. The van der Waals surface area contributed by atoms with Gasteiger partial charge >= 0.3 is 5.97 Å². The van der Waals surface area contributed by atoms with Crippen LogP contribution in [-0.4, -0.2) is 24.5 Å². The number of amides is 1. The fraction of sp³-hybridized carbons (Fsp3) is 0.429. The van der Waals surface area contributed by atoms with Crippen LogP contribution < -0.4 is 11.1 Å². The SMILES string of the molecule is CCOC(=O)c1ccc(NC(=O)[C@H](N)C(C)C)cc1.